The van der Waals surface area contributed by atoms with Crippen LogP contribution in [-0.4, -0.2) is 11.2 Å². The van der Waals surface area contributed by atoms with Crippen LogP contribution >= 0.6 is 0 Å². The van der Waals surface area contributed by atoms with E-state index in [-0.39, 0.29) is 11.5 Å². The van der Waals surface area contributed by atoms with Crippen molar-refractivity contribution in [2.45, 2.75) is 71.3 Å². The van der Waals surface area contributed by atoms with Gasteiger partial charge in [-0.2, -0.15) is 0 Å². The third-order valence-corrected chi connectivity index (χ3v) is 5.43. The minimum Gasteiger partial charge on any atom is -0.392 e. The Hall–Kier alpha value is -0.300. The van der Waals surface area contributed by atoms with Gasteiger partial charge in [-0.05, 0) is 49.4 Å². The van der Waals surface area contributed by atoms with Crippen molar-refractivity contribution in [3.8, 4) is 0 Å². The van der Waals surface area contributed by atoms with Crippen LogP contribution in [0.15, 0.2) is 12.2 Å². The van der Waals surface area contributed by atoms with Crippen LogP contribution in [-0.2, 0) is 0 Å². The lowest BCUT2D eigenvalue weighted by Crippen LogP contribution is -2.40. The summed E-state index contributed by atoms with van der Waals surface area (Å²) in [4.78, 5) is 0. The highest BCUT2D eigenvalue weighted by Gasteiger charge is 2.40. The molecular formula is C16H28O. The van der Waals surface area contributed by atoms with Gasteiger partial charge < -0.3 is 5.11 Å². The molecule has 0 aromatic rings. The highest BCUT2D eigenvalue weighted by atomic mass is 16.3. The Kier molecular flexibility index (Phi) is 4.30. The zero-order valence-corrected chi connectivity index (χ0v) is 11.5. The van der Waals surface area contributed by atoms with E-state index in [1.54, 1.807) is 0 Å². The van der Waals surface area contributed by atoms with Crippen molar-refractivity contribution in [1.29, 1.82) is 0 Å². The summed E-state index contributed by atoms with van der Waals surface area (Å²) in [5.74, 6) is 1.63. The molecule has 0 amide bonds. The second kappa shape index (κ2) is 5.56. The van der Waals surface area contributed by atoms with Crippen LogP contribution in [0.25, 0.3) is 0 Å². The second-order valence-electron chi connectivity index (χ2n) is 6.32. The maximum Gasteiger partial charge on any atom is 0.0630 e. The Labute approximate surface area is 106 Å². The maximum absolute atomic E-state index is 10.3. The molecule has 0 aromatic heterocycles. The van der Waals surface area contributed by atoms with Crippen molar-refractivity contribution >= 4 is 0 Å². The monoisotopic (exact) mass is 236 g/mol. The first kappa shape index (κ1) is 13.1. The van der Waals surface area contributed by atoms with Crippen LogP contribution in [0.3, 0.4) is 0 Å². The average Bonchev–Trinajstić information content (AvgIpc) is 2.64. The van der Waals surface area contributed by atoms with Gasteiger partial charge in [0.25, 0.3) is 0 Å². The van der Waals surface area contributed by atoms with E-state index >= 15 is 0 Å². The van der Waals surface area contributed by atoms with E-state index in [0.29, 0.717) is 0 Å². The molecule has 17 heavy (non-hydrogen) atoms. The van der Waals surface area contributed by atoms with E-state index in [1.165, 1.54) is 38.5 Å². The molecule has 0 spiro atoms. The summed E-state index contributed by atoms with van der Waals surface area (Å²) in [5, 5.41) is 10.3. The molecule has 0 aromatic carbocycles. The summed E-state index contributed by atoms with van der Waals surface area (Å²) in [6.45, 7) is 4.59. The molecule has 2 rings (SSSR count). The van der Waals surface area contributed by atoms with Gasteiger partial charge in [0.15, 0.2) is 0 Å². The number of hydrogen-bond acceptors (Lipinski definition) is 1. The quantitative estimate of drug-likeness (QED) is 0.705. The summed E-state index contributed by atoms with van der Waals surface area (Å²) in [6.07, 6.45) is 14.5. The number of aliphatic hydroxyl groups excluding tert-OH is 1. The molecule has 1 nitrogen and oxygen atoms in total. The molecule has 0 heterocycles. The fraction of sp³-hybridized carbons (Fsp3) is 0.875. The molecular weight excluding hydrogens is 208 g/mol. The van der Waals surface area contributed by atoms with Crippen molar-refractivity contribution in [2.75, 3.05) is 0 Å². The summed E-state index contributed by atoms with van der Waals surface area (Å²) in [5.41, 5.74) is 0.269. The van der Waals surface area contributed by atoms with Gasteiger partial charge in [-0.1, -0.05) is 45.3 Å². The first-order valence-electron chi connectivity index (χ1n) is 7.52. The van der Waals surface area contributed by atoms with Gasteiger partial charge >= 0.3 is 0 Å². The van der Waals surface area contributed by atoms with Gasteiger partial charge in [-0.25, -0.2) is 0 Å². The Bertz CT molecular complexity index is 259. The van der Waals surface area contributed by atoms with Crippen LogP contribution in [0.1, 0.15) is 65.2 Å². The average molecular weight is 236 g/mol. The predicted molar refractivity (Wildman–Crippen MR) is 72.8 cm³/mol. The number of rotatable bonds is 5. The summed E-state index contributed by atoms with van der Waals surface area (Å²) >= 11 is 0. The highest BCUT2D eigenvalue weighted by molar-refractivity contribution is 4.99. The Morgan fingerprint density at radius 1 is 1.29 bits per heavy atom. The molecule has 3 unspecified atom stereocenters. The Balaban J connectivity index is 1.79. The highest BCUT2D eigenvalue weighted by Crippen LogP contribution is 2.47. The molecule has 2 aliphatic carbocycles. The molecule has 1 heteroatoms. The topological polar surface area (TPSA) is 20.2 Å². The van der Waals surface area contributed by atoms with Crippen LogP contribution in [0.5, 0.6) is 0 Å². The summed E-state index contributed by atoms with van der Waals surface area (Å²) < 4.78 is 0. The van der Waals surface area contributed by atoms with Crippen LogP contribution in [0, 0.1) is 17.3 Å². The standard InChI is InChI=1S/C16H28O/c1-3-16(11-6-12-16)15(17)10-5-9-14-8-4-7-13(14)2/h5,9,13-15,17H,3-4,6-8,10-12H2,1-2H3/b9-5+. The van der Waals surface area contributed by atoms with E-state index in [0.717, 1.165) is 24.7 Å². The van der Waals surface area contributed by atoms with E-state index in [1.807, 2.05) is 0 Å². The van der Waals surface area contributed by atoms with Crippen LogP contribution in [0.2, 0.25) is 0 Å². The molecule has 0 aliphatic heterocycles. The van der Waals surface area contributed by atoms with Gasteiger partial charge in [0.1, 0.15) is 0 Å². The number of allylic oxidation sites excluding steroid dienone is 1. The third kappa shape index (κ3) is 2.76. The van der Waals surface area contributed by atoms with Gasteiger partial charge in [-0.15, -0.1) is 0 Å². The fourth-order valence-corrected chi connectivity index (χ4v) is 3.65. The molecule has 98 valence electrons. The number of aliphatic hydroxyl groups is 1. The van der Waals surface area contributed by atoms with Gasteiger partial charge in [0, 0.05) is 0 Å². The van der Waals surface area contributed by atoms with Gasteiger partial charge in [-0.3, -0.25) is 0 Å². The Morgan fingerprint density at radius 3 is 2.53 bits per heavy atom. The van der Waals surface area contributed by atoms with E-state index in [9.17, 15) is 5.11 Å². The zero-order valence-electron chi connectivity index (χ0n) is 11.5. The van der Waals surface area contributed by atoms with E-state index in [2.05, 4.69) is 26.0 Å². The number of hydrogen-bond donors (Lipinski definition) is 1. The smallest absolute Gasteiger partial charge is 0.0630 e. The molecule has 0 saturated heterocycles. The largest absolute Gasteiger partial charge is 0.392 e. The first-order valence-corrected chi connectivity index (χ1v) is 7.52. The molecule has 2 fully saturated rings. The molecule has 1 N–H and O–H groups in total. The van der Waals surface area contributed by atoms with Crippen molar-refractivity contribution in [2.24, 2.45) is 17.3 Å². The van der Waals surface area contributed by atoms with E-state index < -0.39 is 0 Å². The minimum absolute atomic E-state index is 0.103. The van der Waals surface area contributed by atoms with E-state index in [4.69, 9.17) is 0 Å². The molecule has 0 bridgehead atoms. The maximum atomic E-state index is 10.3. The predicted octanol–water partition coefficient (Wildman–Crippen LogP) is 4.31. The van der Waals surface area contributed by atoms with Crippen LogP contribution in [0.4, 0.5) is 0 Å². The lowest BCUT2D eigenvalue weighted by Gasteiger charge is -2.45. The van der Waals surface area contributed by atoms with Gasteiger partial charge in [0.2, 0.25) is 0 Å². The van der Waals surface area contributed by atoms with Crippen molar-refractivity contribution in [1.82, 2.24) is 0 Å². The SMILES string of the molecule is CCC1(C(O)C/C=C/C2CCCC2C)CCC1. The first-order chi connectivity index (χ1) is 8.18. The second-order valence-corrected chi connectivity index (χ2v) is 6.32. The fourth-order valence-electron chi connectivity index (χ4n) is 3.65. The molecule has 0 radical (unpaired) electrons. The van der Waals surface area contributed by atoms with Gasteiger partial charge in [0.05, 0.1) is 6.10 Å². The minimum atomic E-state index is -0.103. The lowest BCUT2D eigenvalue weighted by atomic mass is 9.63. The summed E-state index contributed by atoms with van der Waals surface area (Å²) in [6, 6.07) is 0. The Morgan fingerprint density at radius 2 is 2.06 bits per heavy atom. The van der Waals surface area contributed by atoms with Crippen LogP contribution < -0.4 is 0 Å². The zero-order chi connectivity index (χ0) is 12.3. The molecule has 2 aliphatic rings. The summed E-state index contributed by atoms with van der Waals surface area (Å²) in [7, 11) is 0. The van der Waals surface area contributed by atoms with Crippen molar-refractivity contribution in [3.05, 3.63) is 12.2 Å². The third-order valence-electron chi connectivity index (χ3n) is 5.43. The molecule has 3 atom stereocenters. The lowest BCUT2D eigenvalue weighted by molar-refractivity contribution is -0.0355. The van der Waals surface area contributed by atoms with Crippen molar-refractivity contribution < 1.29 is 5.11 Å². The normalized spacial score (nSPS) is 33.8. The van der Waals surface area contributed by atoms with Crippen molar-refractivity contribution in [3.63, 3.8) is 0 Å². The molecule has 2 saturated carbocycles.